The summed E-state index contributed by atoms with van der Waals surface area (Å²) in [5, 5.41) is 35.6. The van der Waals surface area contributed by atoms with Gasteiger partial charge in [0.2, 0.25) is 11.8 Å². The van der Waals surface area contributed by atoms with Crippen molar-refractivity contribution in [3.63, 3.8) is 0 Å². The molecule has 3 aromatic carbocycles. The van der Waals surface area contributed by atoms with E-state index in [0.29, 0.717) is 27.3 Å². The van der Waals surface area contributed by atoms with Gasteiger partial charge in [0, 0.05) is 29.6 Å². The molecule has 4 atom stereocenters. The predicted molar refractivity (Wildman–Crippen MR) is 146 cm³/mol. The number of nitrogens with one attached hydrogen (secondary N) is 1. The van der Waals surface area contributed by atoms with Gasteiger partial charge in [-0.1, -0.05) is 41.9 Å². The number of rotatable bonds is 6. The summed E-state index contributed by atoms with van der Waals surface area (Å²) in [6.07, 6.45) is -0.213. The van der Waals surface area contributed by atoms with E-state index in [1.54, 1.807) is 45.0 Å². The topological polar surface area (TPSA) is 150 Å². The van der Waals surface area contributed by atoms with Crippen LogP contribution in [-0.4, -0.2) is 38.5 Å². The number of aryl methyl sites for hydroxylation is 3. The van der Waals surface area contributed by atoms with Crippen LogP contribution in [0.1, 0.15) is 33.9 Å². The van der Waals surface area contributed by atoms with Crippen LogP contribution in [-0.2, 0) is 20.8 Å². The van der Waals surface area contributed by atoms with Gasteiger partial charge < -0.3 is 10.2 Å². The molecule has 11 heteroatoms. The molecule has 0 bridgehead atoms. The van der Waals surface area contributed by atoms with E-state index in [9.17, 15) is 34.7 Å². The zero-order valence-corrected chi connectivity index (χ0v) is 22.6. The maximum absolute atomic E-state index is 14.0. The molecule has 2 aliphatic heterocycles. The number of phenolic OH excluding ortho intramolecular Hbond substituents is 1. The number of anilines is 1. The average Bonchev–Trinajstić information content (AvgIpc) is 3.38. The Morgan fingerprint density at radius 2 is 1.65 bits per heavy atom. The molecule has 0 saturated carbocycles. The van der Waals surface area contributed by atoms with E-state index in [1.807, 2.05) is 0 Å². The molecule has 0 aliphatic carbocycles. The number of aromatic hydroxyl groups is 1. The van der Waals surface area contributed by atoms with Crippen LogP contribution in [0.25, 0.3) is 0 Å². The second kappa shape index (κ2) is 9.72. The molecule has 2 fully saturated rings. The molecule has 3 aromatic rings. The highest BCUT2D eigenvalue weighted by Crippen LogP contribution is 2.51. The van der Waals surface area contributed by atoms with Crippen LogP contribution in [0, 0.1) is 42.7 Å². The standard InChI is InChI=1S/C29H26ClN3O7/c1-14-4-7-20(12-21(14)30)32-26(35)22-23(27(32)36)29(28(37)38,13-17-5-8-19(9-6-17)33(39)40)31-24(22)18-10-15(2)25(34)16(3)11-18/h4-12,22-24,31,34H,13H2,1-3H3,(H,37,38). The van der Waals surface area contributed by atoms with E-state index in [1.165, 1.54) is 30.3 Å². The Balaban J connectivity index is 1.67. The molecular formula is C29H26ClN3O7. The zero-order chi connectivity index (χ0) is 29.1. The lowest BCUT2D eigenvalue weighted by Gasteiger charge is -2.31. The van der Waals surface area contributed by atoms with E-state index in [0.717, 1.165) is 10.5 Å². The third-order valence-corrected chi connectivity index (χ3v) is 8.36. The monoisotopic (exact) mass is 563 g/mol. The van der Waals surface area contributed by atoms with Crippen molar-refractivity contribution >= 4 is 40.8 Å². The fourth-order valence-electron chi connectivity index (χ4n) is 5.93. The molecule has 2 saturated heterocycles. The average molecular weight is 564 g/mol. The van der Waals surface area contributed by atoms with Crippen LogP contribution in [0.2, 0.25) is 5.02 Å². The summed E-state index contributed by atoms with van der Waals surface area (Å²) in [5.74, 6) is -4.87. The van der Waals surface area contributed by atoms with Gasteiger partial charge in [0.15, 0.2) is 0 Å². The lowest BCUT2D eigenvalue weighted by atomic mass is 9.76. The maximum atomic E-state index is 14.0. The summed E-state index contributed by atoms with van der Waals surface area (Å²) in [7, 11) is 0. The van der Waals surface area contributed by atoms with Gasteiger partial charge in [-0.05, 0) is 60.7 Å². The third kappa shape index (κ3) is 4.20. The number of nitro groups is 1. The molecule has 0 radical (unpaired) electrons. The van der Waals surface area contributed by atoms with Gasteiger partial charge >= 0.3 is 5.97 Å². The maximum Gasteiger partial charge on any atom is 0.325 e. The first kappa shape index (κ1) is 27.3. The fourth-order valence-corrected chi connectivity index (χ4v) is 6.10. The molecule has 206 valence electrons. The molecule has 5 rings (SSSR count). The van der Waals surface area contributed by atoms with Crippen molar-refractivity contribution in [2.45, 2.75) is 38.8 Å². The lowest BCUT2D eigenvalue weighted by Crippen LogP contribution is -2.57. The molecule has 0 aromatic heterocycles. The Kier molecular flexibility index (Phi) is 6.63. The highest BCUT2D eigenvalue weighted by atomic mass is 35.5. The molecule has 3 N–H and O–H groups in total. The van der Waals surface area contributed by atoms with Gasteiger partial charge in [-0.15, -0.1) is 0 Å². The Morgan fingerprint density at radius 3 is 2.20 bits per heavy atom. The number of nitro benzene ring substituents is 1. The summed E-state index contributed by atoms with van der Waals surface area (Å²) >= 11 is 6.30. The molecule has 10 nitrogen and oxygen atoms in total. The Hall–Kier alpha value is -4.28. The largest absolute Gasteiger partial charge is 0.507 e. The molecule has 40 heavy (non-hydrogen) atoms. The third-order valence-electron chi connectivity index (χ3n) is 7.95. The van der Waals surface area contributed by atoms with Gasteiger partial charge in [0.05, 0.1) is 22.4 Å². The number of carboxylic acid groups (broad SMARTS) is 1. The SMILES string of the molecule is Cc1ccc(N2C(=O)C3C(c4cc(C)c(O)c(C)c4)NC(Cc4ccc([N+](=O)[O-])cc4)(C(=O)O)C3C2=O)cc1Cl. The molecule has 2 heterocycles. The Bertz CT molecular complexity index is 1570. The number of non-ortho nitro benzene ring substituents is 1. The summed E-state index contributed by atoms with van der Waals surface area (Å²) < 4.78 is 0. The molecule has 2 amide bonds. The number of phenols is 1. The smallest absolute Gasteiger partial charge is 0.325 e. The number of amides is 2. The fraction of sp³-hybridized carbons (Fsp3) is 0.276. The minimum Gasteiger partial charge on any atom is -0.507 e. The number of benzene rings is 3. The quantitative estimate of drug-likeness (QED) is 0.227. The normalized spacial score (nSPS) is 23.9. The summed E-state index contributed by atoms with van der Waals surface area (Å²) in [6.45, 7) is 5.17. The van der Waals surface area contributed by atoms with Crippen LogP contribution < -0.4 is 10.2 Å². The van der Waals surface area contributed by atoms with Crippen LogP contribution in [0.5, 0.6) is 5.75 Å². The minimum atomic E-state index is -1.92. The molecule has 4 unspecified atom stereocenters. The van der Waals surface area contributed by atoms with Gasteiger partial charge in [0.25, 0.3) is 5.69 Å². The van der Waals surface area contributed by atoms with E-state index in [-0.39, 0.29) is 23.5 Å². The van der Waals surface area contributed by atoms with Crippen LogP contribution in [0.15, 0.2) is 54.6 Å². The number of fused-ring (bicyclic) bond motifs is 1. The molecule has 2 aliphatic rings. The minimum absolute atomic E-state index is 0.0819. The zero-order valence-electron chi connectivity index (χ0n) is 21.8. The van der Waals surface area contributed by atoms with Crippen molar-refractivity contribution in [1.29, 1.82) is 0 Å². The van der Waals surface area contributed by atoms with Gasteiger partial charge in [-0.3, -0.25) is 29.8 Å². The number of carbonyl (C=O) groups is 3. The van der Waals surface area contributed by atoms with E-state index in [2.05, 4.69) is 5.32 Å². The summed E-state index contributed by atoms with van der Waals surface area (Å²) in [6, 6.07) is 12.7. The lowest BCUT2D eigenvalue weighted by molar-refractivity contribution is -0.384. The van der Waals surface area contributed by atoms with Gasteiger partial charge in [-0.2, -0.15) is 0 Å². The van der Waals surface area contributed by atoms with Crippen molar-refractivity contribution in [1.82, 2.24) is 5.32 Å². The number of halogens is 1. The second-order valence-electron chi connectivity index (χ2n) is 10.5. The van der Waals surface area contributed by atoms with Crippen molar-refractivity contribution in [3.05, 3.63) is 97.6 Å². The number of hydrogen-bond donors (Lipinski definition) is 3. The first-order valence-corrected chi connectivity index (χ1v) is 12.9. The second-order valence-corrected chi connectivity index (χ2v) is 10.9. The van der Waals surface area contributed by atoms with Gasteiger partial charge in [-0.25, -0.2) is 4.90 Å². The number of hydrogen-bond acceptors (Lipinski definition) is 7. The Labute approximate surface area is 234 Å². The molecular weight excluding hydrogens is 538 g/mol. The van der Waals surface area contributed by atoms with E-state index >= 15 is 0 Å². The predicted octanol–water partition coefficient (Wildman–Crippen LogP) is 4.40. The first-order valence-electron chi connectivity index (χ1n) is 12.5. The first-order chi connectivity index (χ1) is 18.9. The summed E-state index contributed by atoms with van der Waals surface area (Å²) in [5.41, 5.74) is 0.985. The van der Waals surface area contributed by atoms with Crippen LogP contribution >= 0.6 is 11.6 Å². The number of carbonyl (C=O) groups excluding carboxylic acids is 2. The Morgan fingerprint density at radius 1 is 1.02 bits per heavy atom. The number of aliphatic carboxylic acids is 1. The van der Waals surface area contributed by atoms with E-state index < -0.39 is 46.1 Å². The van der Waals surface area contributed by atoms with Crippen molar-refractivity contribution < 1.29 is 29.5 Å². The van der Waals surface area contributed by atoms with Gasteiger partial charge in [0.1, 0.15) is 11.3 Å². The van der Waals surface area contributed by atoms with Crippen molar-refractivity contribution in [2.75, 3.05) is 4.90 Å². The van der Waals surface area contributed by atoms with Crippen LogP contribution in [0.3, 0.4) is 0 Å². The number of carboxylic acids is 1. The highest BCUT2D eigenvalue weighted by molar-refractivity contribution is 6.32. The number of nitrogens with zero attached hydrogens (tertiary/aromatic N) is 2. The van der Waals surface area contributed by atoms with E-state index in [4.69, 9.17) is 11.6 Å². The van der Waals surface area contributed by atoms with Crippen molar-refractivity contribution in [2.24, 2.45) is 11.8 Å². The molecule has 0 spiro atoms. The van der Waals surface area contributed by atoms with Crippen LogP contribution in [0.4, 0.5) is 11.4 Å². The summed E-state index contributed by atoms with van der Waals surface area (Å²) in [4.78, 5) is 52.7. The highest BCUT2D eigenvalue weighted by Gasteiger charge is 2.68. The van der Waals surface area contributed by atoms with Crippen molar-refractivity contribution in [3.8, 4) is 5.75 Å². The number of imide groups is 1.